The van der Waals surface area contributed by atoms with Crippen LogP contribution in [0.2, 0.25) is 0 Å². The minimum Gasteiger partial charge on any atom is -0.300 e. The van der Waals surface area contributed by atoms with Gasteiger partial charge in [-0.25, -0.2) is 0 Å². The molecule has 1 saturated heterocycles. The van der Waals surface area contributed by atoms with Gasteiger partial charge in [-0.1, -0.05) is 4.49 Å². The summed E-state index contributed by atoms with van der Waals surface area (Å²) in [7, 11) is 2.19. The summed E-state index contributed by atoms with van der Waals surface area (Å²) in [6.45, 7) is 9.02. The molecule has 1 aromatic rings. The van der Waals surface area contributed by atoms with E-state index in [9.17, 15) is 0 Å². The van der Waals surface area contributed by atoms with Crippen LogP contribution in [0.4, 0.5) is 0 Å². The summed E-state index contributed by atoms with van der Waals surface area (Å²) in [4.78, 5) is 6.26. The van der Waals surface area contributed by atoms with Crippen molar-refractivity contribution >= 4 is 11.5 Å². The second-order valence-corrected chi connectivity index (χ2v) is 5.91. The molecule has 5 heteroatoms. The minimum absolute atomic E-state index is 0.656. The van der Waals surface area contributed by atoms with E-state index in [4.69, 9.17) is 0 Å². The molecule has 1 aromatic heterocycles. The van der Waals surface area contributed by atoms with Gasteiger partial charge in [-0.3, -0.25) is 9.80 Å². The highest BCUT2D eigenvalue weighted by atomic mass is 32.1. The standard InChI is InChI=1S/C12H22N4S/c1-10(16-6-4-5-7-16)8-15(3)9-12-11(2)13-14-17-12/h10H,4-9H2,1-3H3/t10-/m1/s1. The maximum Gasteiger partial charge on any atom is 0.0769 e. The van der Waals surface area contributed by atoms with Gasteiger partial charge >= 0.3 is 0 Å². The number of nitrogens with zero attached hydrogens (tertiary/aromatic N) is 4. The largest absolute Gasteiger partial charge is 0.300 e. The highest BCUT2D eigenvalue weighted by Crippen LogP contribution is 2.15. The summed E-state index contributed by atoms with van der Waals surface area (Å²) in [5, 5.41) is 4.06. The maximum absolute atomic E-state index is 4.06. The molecule has 17 heavy (non-hydrogen) atoms. The Bertz CT molecular complexity index is 346. The molecule has 0 aliphatic carbocycles. The molecule has 0 unspecified atom stereocenters. The Balaban J connectivity index is 1.80. The van der Waals surface area contributed by atoms with Gasteiger partial charge in [0.15, 0.2) is 0 Å². The van der Waals surface area contributed by atoms with Crippen molar-refractivity contribution in [3.63, 3.8) is 0 Å². The lowest BCUT2D eigenvalue weighted by molar-refractivity contribution is 0.189. The van der Waals surface area contributed by atoms with Gasteiger partial charge in [-0.15, -0.1) is 5.10 Å². The lowest BCUT2D eigenvalue weighted by Gasteiger charge is -2.28. The molecule has 0 bridgehead atoms. The Morgan fingerprint density at radius 3 is 2.71 bits per heavy atom. The van der Waals surface area contributed by atoms with Crippen LogP contribution in [0.3, 0.4) is 0 Å². The van der Waals surface area contributed by atoms with Crippen molar-refractivity contribution < 1.29 is 0 Å². The molecule has 0 N–H and O–H groups in total. The SMILES string of the molecule is Cc1nnsc1CN(C)C[C@@H](C)N1CCCC1. The zero-order chi connectivity index (χ0) is 12.3. The molecular formula is C12H22N4S. The van der Waals surface area contributed by atoms with Crippen LogP contribution in [-0.2, 0) is 6.54 Å². The molecule has 2 rings (SSSR count). The van der Waals surface area contributed by atoms with Crippen LogP contribution in [0.5, 0.6) is 0 Å². The molecule has 0 radical (unpaired) electrons. The third-order valence-electron chi connectivity index (χ3n) is 3.50. The van der Waals surface area contributed by atoms with Crippen molar-refractivity contribution in [2.24, 2.45) is 0 Å². The van der Waals surface area contributed by atoms with Crippen LogP contribution < -0.4 is 0 Å². The van der Waals surface area contributed by atoms with E-state index in [0.717, 1.165) is 18.8 Å². The molecule has 4 nitrogen and oxygen atoms in total. The van der Waals surface area contributed by atoms with Crippen LogP contribution in [0.25, 0.3) is 0 Å². The average Bonchev–Trinajstić information content (AvgIpc) is 2.90. The number of aromatic nitrogens is 2. The normalized spacial score (nSPS) is 19.1. The fourth-order valence-corrected chi connectivity index (χ4v) is 3.17. The molecule has 0 spiro atoms. The van der Waals surface area contributed by atoms with E-state index in [2.05, 4.69) is 33.4 Å². The summed E-state index contributed by atoms with van der Waals surface area (Å²) in [5.41, 5.74) is 1.08. The first-order chi connectivity index (χ1) is 8.16. The van der Waals surface area contributed by atoms with Gasteiger partial charge in [0.1, 0.15) is 0 Å². The zero-order valence-electron chi connectivity index (χ0n) is 11.0. The number of likely N-dealkylation sites (N-methyl/N-ethyl adjacent to an activating group) is 1. The first-order valence-corrected chi connectivity index (χ1v) is 7.14. The molecule has 1 aliphatic rings. The van der Waals surface area contributed by atoms with Crippen molar-refractivity contribution in [3.8, 4) is 0 Å². The van der Waals surface area contributed by atoms with Crippen LogP contribution in [0, 0.1) is 6.92 Å². The molecule has 1 aliphatic heterocycles. The van der Waals surface area contributed by atoms with Crippen molar-refractivity contribution in [1.82, 2.24) is 19.4 Å². The Morgan fingerprint density at radius 2 is 2.12 bits per heavy atom. The van der Waals surface area contributed by atoms with E-state index < -0.39 is 0 Å². The highest BCUT2D eigenvalue weighted by Gasteiger charge is 2.19. The quantitative estimate of drug-likeness (QED) is 0.801. The average molecular weight is 254 g/mol. The van der Waals surface area contributed by atoms with Gasteiger partial charge in [-0.2, -0.15) is 0 Å². The predicted molar refractivity (Wildman–Crippen MR) is 71.2 cm³/mol. The maximum atomic E-state index is 4.06. The lowest BCUT2D eigenvalue weighted by Crippen LogP contribution is -2.39. The number of hydrogen-bond donors (Lipinski definition) is 0. The van der Waals surface area contributed by atoms with Crippen molar-refractivity contribution in [2.45, 2.75) is 39.3 Å². The second-order valence-electron chi connectivity index (χ2n) is 5.07. The Morgan fingerprint density at radius 1 is 1.41 bits per heavy atom. The van der Waals surface area contributed by atoms with Crippen molar-refractivity contribution in [3.05, 3.63) is 10.6 Å². The third-order valence-corrected chi connectivity index (χ3v) is 4.31. The van der Waals surface area contributed by atoms with E-state index >= 15 is 0 Å². The minimum atomic E-state index is 0.656. The topological polar surface area (TPSA) is 32.3 Å². The monoisotopic (exact) mass is 254 g/mol. The van der Waals surface area contributed by atoms with E-state index in [1.165, 1.54) is 42.3 Å². The van der Waals surface area contributed by atoms with Crippen molar-refractivity contribution in [1.29, 1.82) is 0 Å². The van der Waals surface area contributed by atoms with Gasteiger partial charge in [0.05, 0.1) is 10.6 Å². The van der Waals surface area contributed by atoms with Gasteiger partial charge in [0, 0.05) is 19.1 Å². The predicted octanol–water partition coefficient (Wildman–Crippen LogP) is 1.76. The van der Waals surface area contributed by atoms with Crippen LogP contribution in [0.1, 0.15) is 30.3 Å². The number of hydrogen-bond acceptors (Lipinski definition) is 5. The van der Waals surface area contributed by atoms with Gasteiger partial charge in [0.25, 0.3) is 0 Å². The number of rotatable bonds is 5. The molecule has 0 amide bonds. The first-order valence-electron chi connectivity index (χ1n) is 6.37. The molecule has 1 fully saturated rings. The van der Waals surface area contributed by atoms with E-state index in [0.29, 0.717) is 6.04 Å². The summed E-state index contributed by atoms with van der Waals surface area (Å²) >= 11 is 1.52. The number of likely N-dealkylation sites (tertiary alicyclic amines) is 1. The van der Waals surface area contributed by atoms with Gasteiger partial charge < -0.3 is 0 Å². The summed E-state index contributed by atoms with van der Waals surface area (Å²) < 4.78 is 3.99. The van der Waals surface area contributed by atoms with Gasteiger partial charge in [-0.05, 0) is 58.4 Å². The summed E-state index contributed by atoms with van der Waals surface area (Å²) in [6, 6.07) is 0.656. The van der Waals surface area contributed by atoms with E-state index in [-0.39, 0.29) is 0 Å². The fourth-order valence-electron chi connectivity index (χ4n) is 2.45. The van der Waals surface area contributed by atoms with E-state index in [1.54, 1.807) is 0 Å². The summed E-state index contributed by atoms with van der Waals surface area (Å²) in [5.74, 6) is 0. The third kappa shape index (κ3) is 3.47. The van der Waals surface area contributed by atoms with E-state index in [1.807, 2.05) is 6.92 Å². The number of aryl methyl sites for hydroxylation is 1. The molecule has 0 saturated carbocycles. The molecule has 0 aromatic carbocycles. The second kappa shape index (κ2) is 5.89. The Hall–Kier alpha value is -0.520. The molecule has 1 atom stereocenters. The Kier molecular flexibility index (Phi) is 4.48. The van der Waals surface area contributed by atoms with Crippen LogP contribution in [-0.4, -0.2) is 52.1 Å². The molecule has 96 valence electrons. The summed E-state index contributed by atoms with van der Waals surface area (Å²) in [6.07, 6.45) is 2.73. The molecular weight excluding hydrogens is 232 g/mol. The smallest absolute Gasteiger partial charge is 0.0769 e. The Labute approximate surface area is 108 Å². The fraction of sp³-hybridized carbons (Fsp3) is 0.833. The first kappa shape index (κ1) is 12.9. The van der Waals surface area contributed by atoms with Gasteiger partial charge in [0.2, 0.25) is 0 Å². The van der Waals surface area contributed by atoms with Crippen molar-refractivity contribution in [2.75, 3.05) is 26.7 Å². The van der Waals surface area contributed by atoms with Crippen LogP contribution in [0.15, 0.2) is 0 Å². The highest BCUT2D eigenvalue weighted by molar-refractivity contribution is 7.05. The lowest BCUT2D eigenvalue weighted by atomic mass is 10.2. The molecule has 2 heterocycles. The zero-order valence-corrected chi connectivity index (χ0v) is 11.8. The van der Waals surface area contributed by atoms with Crippen LogP contribution >= 0.6 is 11.5 Å².